The zero-order valence-corrected chi connectivity index (χ0v) is 8.07. The Balaban J connectivity index is 3.33. The number of nitrogens with one attached hydrogen (secondary N) is 1. The van der Waals surface area contributed by atoms with Gasteiger partial charge in [0.2, 0.25) is 0 Å². The Hall–Kier alpha value is -0.150. The van der Waals surface area contributed by atoms with Gasteiger partial charge in [0.05, 0.1) is 12.3 Å². The van der Waals surface area contributed by atoms with Crippen LogP contribution >= 0.6 is 0 Å². The molecule has 2 N–H and O–H groups in total. The summed E-state index contributed by atoms with van der Waals surface area (Å²) < 4.78 is 11.7. The Labute approximate surface area is 74.2 Å². The van der Waals surface area contributed by atoms with Gasteiger partial charge in [0.25, 0.3) is 0 Å². The number of hydrogen-bond acceptors (Lipinski definition) is 2. The van der Waals surface area contributed by atoms with Crippen LogP contribution in [0.4, 0.5) is 4.39 Å². The van der Waals surface area contributed by atoms with E-state index >= 15 is 0 Å². The molecule has 0 amide bonds. The lowest BCUT2D eigenvalue weighted by atomic mass is 10.0. The van der Waals surface area contributed by atoms with Crippen LogP contribution in [-0.2, 0) is 0 Å². The molecule has 3 heteroatoms. The molecule has 0 rings (SSSR count). The fourth-order valence-corrected chi connectivity index (χ4v) is 1.18. The van der Waals surface area contributed by atoms with Gasteiger partial charge >= 0.3 is 0 Å². The van der Waals surface area contributed by atoms with Crippen molar-refractivity contribution in [1.29, 1.82) is 0 Å². The summed E-state index contributed by atoms with van der Waals surface area (Å²) >= 11 is 0. The van der Waals surface area contributed by atoms with E-state index in [4.69, 9.17) is 0 Å². The maximum absolute atomic E-state index is 11.7. The fraction of sp³-hybridized carbons (Fsp3) is 1.00. The second-order valence-corrected chi connectivity index (χ2v) is 3.47. The van der Waals surface area contributed by atoms with Crippen LogP contribution in [-0.4, -0.2) is 30.5 Å². The number of rotatable bonds is 7. The largest absolute Gasteiger partial charge is 0.389 e. The molecule has 0 aliphatic rings. The third kappa shape index (κ3) is 6.55. The summed E-state index contributed by atoms with van der Waals surface area (Å²) in [5.41, 5.74) is -0.634. The van der Waals surface area contributed by atoms with Gasteiger partial charge in [-0.15, -0.1) is 0 Å². The van der Waals surface area contributed by atoms with E-state index in [9.17, 15) is 9.50 Å². The topological polar surface area (TPSA) is 32.3 Å². The van der Waals surface area contributed by atoms with Crippen molar-refractivity contribution in [3.05, 3.63) is 0 Å². The molecule has 0 aromatic heterocycles. The second kappa shape index (κ2) is 6.38. The van der Waals surface area contributed by atoms with Crippen molar-refractivity contribution in [3.63, 3.8) is 0 Å². The van der Waals surface area contributed by atoms with Crippen LogP contribution in [0.5, 0.6) is 0 Å². The minimum absolute atomic E-state index is 0.289. The van der Waals surface area contributed by atoms with Gasteiger partial charge in [0.15, 0.2) is 0 Å². The van der Waals surface area contributed by atoms with Crippen molar-refractivity contribution in [2.24, 2.45) is 0 Å². The van der Waals surface area contributed by atoms with E-state index in [1.807, 2.05) is 6.92 Å². The summed E-state index contributed by atoms with van der Waals surface area (Å²) in [4.78, 5) is 0. The van der Waals surface area contributed by atoms with Crippen molar-refractivity contribution in [2.45, 2.75) is 38.7 Å². The van der Waals surface area contributed by atoms with Crippen LogP contribution in [0.2, 0.25) is 0 Å². The molecule has 74 valence electrons. The molecule has 0 aliphatic carbocycles. The first-order valence-corrected chi connectivity index (χ1v) is 4.61. The van der Waals surface area contributed by atoms with E-state index in [1.165, 1.54) is 0 Å². The molecule has 12 heavy (non-hydrogen) atoms. The van der Waals surface area contributed by atoms with E-state index in [1.54, 1.807) is 6.92 Å². The molecule has 0 spiro atoms. The van der Waals surface area contributed by atoms with E-state index in [2.05, 4.69) is 5.32 Å². The Morgan fingerprint density at radius 3 is 2.67 bits per heavy atom. The summed E-state index contributed by atoms with van der Waals surface area (Å²) in [6.07, 6.45) is 2.29. The lowest BCUT2D eigenvalue weighted by Crippen LogP contribution is -2.38. The van der Waals surface area contributed by atoms with Gasteiger partial charge in [-0.25, -0.2) is 0 Å². The van der Waals surface area contributed by atoms with E-state index in [-0.39, 0.29) is 6.67 Å². The van der Waals surface area contributed by atoms with Crippen molar-refractivity contribution in [2.75, 3.05) is 19.8 Å². The summed E-state index contributed by atoms with van der Waals surface area (Å²) in [7, 11) is 0. The average molecular weight is 177 g/mol. The van der Waals surface area contributed by atoms with Crippen molar-refractivity contribution in [3.8, 4) is 0 Å². The Morgan fingerprint density at radius 2 is 2.17 bits per heavy atom. The molecule has 0 aromatic rings. The molecule has 0 aliphatic heterocycles. The van der Waals surface area contributed by atoms with Crippen molar-refractivity contribution < 1.29 is 9.50 Å². The molecular weight excluding hydrogens is 157 g/mol. The quantitative estimate of drug-likeness (QED) is 0.577. The molecule has 0 heterocycles. The first kappa shape index (κ1) is 11.8. The zero-order chi connectivity index (χ0) is 9.45. The maximum atomic E-state index is 11.7. The fourth-order valence-electron chi connectivity index (χ4n) is 1.18. The van der Waals surface area contributed by atoms with Crippen LogP contribution in [0.1, 0.15) is 33.1 Å². The molecule has 0 fully saturated rings. The van der Waals surface area contributed by atoms with E-state index < -0.39 is 5.60 Å². The lowest BCUT2D eigenvalue weighted by Gasteiger charge is -2.22. The zero-order valence-electron chi connectivity index (χ0n) is 8.07. The molecule has 0 saturated carbocycles. The minimum Gasteiger partial charge on any atom is -0.389 e. The Morgan fingerprint density at radius 1 is 1.50 bits per heavy atom. The third-order valence-corrected chi connectivity index (χ3v) is 1.78. The van der Waals surface area contributed by atoms with Gasteiger partial charge in [-0.2, -0.15) is 0 Å². The molecule has 0 radical (unpaired) electrons. The van der Waals surface area contributed by atoms with E-state index in [0.717, 1.165) is 12.8 Å². The molecule has 0 aromatic carbocycles. The van der Waals surface area contributed by atoms with Gasteiger partial charge in [-0.3, -0.25) is 4.39 Å². The minimum atomic E-state index is -0.634. The highest BCUT2D eigenvalue weighted by Gasteiger charge is 2.17. The van der Waals surface area contributed by atoms with Crippen LogP contribution < -0.4 is 5.32 Å². The monoisotopic (exact) mass is 177 g/mol. The van der Waals surface area contributed by atoms with Crippen molar-refractivity contribution >= 4 is 0 Å². The normalized spacial score (nSPS) is 16.0. The SMILES string of the molecule is CCCC(C)(O)CNCCCF. The van der Waals surface area contributed by atoms with Gasteiger partial charge in [-0.05, 0) is 26.3 Å². The van der Waals surface area contributed by atoms with Crippen LogP contribution in [0, 0.1) is 0 Å². The van der Waals surface area contributed by atoms with Gasteiger partial charge < -0.3 is 10.4 Å². The Bertz CT molecular complexity index is 107. The number of aliphatic hydroxyl groups is 1. The lowest BCUT2D eigenvalue weighted by molar-refractivity contribution is 0.0501. The molecule has 0 bridgehead atoms. The molecule has 1 unspecified atom stereocenters. The second-order valence-electron chi connectivity index (χ2n) is 3.47. The smallest absolute Gasteiger partial charge is 0.0906 e. The Kier molecular flexibility index (Phi) is 6.30. The molecular formula is C9H20FNO. The predicted octanol–water partition coefficient (Wildman–Crippen LogP) is 1.49. The summed E-state index contributed by atoms with van der Waals surface area (Å²) in [5.74, 6) is 0. The number of alkyl halides is 1. The highest BCUT2D eigenvalue weighted by molar-refractivity contribution is 4.74. The number of hydrogen-bond donors (Lipinski definition) is 2. The highest BCUT2D eigenvalue weighted by atomic mass is 19.1. The van der Waals surface area contributed by atoms with Gasteiger partial charge in [-0.1, -0.05) is 13.3 Å². The van der Waals surface area contributed by atoms with Crippen molar-refractivity contribution in [1.82, 2.24) is 5.32 Å². The summed E-state index contributed by atoms with van der Waals surface area (Å²) in [6.45, 7) is 4.76. The molecule has 1 atom stereocenters. The molecule has 0 saturated heterocycles. The van der Waals surface area contributed by atoms with E-state index in [0.29, 0.717) is 19.5 Å². The maximum Gasteiger partial charge on any atom is 0.0906 e. The standard InChI is InChI=1S/C9H20FNO/c1-3-5-9(2,12)8-11-7-4-6-10/h11-12H,3-8H2,1-2H3. The summed E-state index contributed by atoms with van der Waals surface area (Å²) in [5, 5.41) is 12.7. The first-order valence-electron chi connectivity index (χ1n) is 4.61. The first-order chi connectivity index (χ1) is 5.62. The third-order valence-electron chi connectivity index (χ3n) is 1.78. The van der Waals surface area contributed by atoms with Crippen LogP contribution in [0.25, 0.3) is 0 Å². The van der Waals surface area contributed by atoms with Crippen LogP contribution in [0.15, 0.2) is 0 Å². The molecule has 2 nitrogen and oxygen atoms in total. The predicted molar refractivity (Wildman–Crippen MR) is 49.0 cm³/mol. The summed E-state index contributed by atoms with van der Waals surface area (Å²) in [6, 6.07) is 0. The highest BCUT2D eigenvalue weighted by Crippen LogP contribution is 2.09. The van der Waals surface area contributed by atoms with Crippen LogP contribution in [0.3, 0.4) is 0 Å². The van der Waals surface area contributed by atoms with Gasteiger partial charge in [0, 0.05) is 6.54 Å². The average Bonchev–Trinajstić information content (AvgIpc) is 1.98. The van der Waals surface area contributed by atoms with Gasteiger partial charge in [0.1, 0.15) is 0 Å². The number of halogens is 1.